The first-order valence-corrected chi connectivity index (χ1v) is 17.7. The standard InChI is InChI=1S/C42H50N2O6/c1-30(33-12-6-5-7-13-33)44(2)28-38-26-39(35-19-17-31(29-45)18-20-35)50-42(49-38)36-23-21-34(22-24-36)37-14-10-11-32(25-37)27-43-40(46)15-8-3-4-9-16-41(47)48/h5-7,10-14,17-25,30,38-39,42,45H,3-4,8-9,15-16,26-29H2,1-2H3,(H,43,46)(H,47,48). The van der Waals surface area contributed by atoms with E-state index in [1.165, 1.54) is 5.56 Å². The number of carboxylic acid groups (broad SMARTS) is 1. The summed E-state index contributed by atoms with van der Waals surface area (Å²) in [6.45, 7) is 3.42. The highest BCUT2D eigenvalue weighted by Gasteiger charge is 2.33. The van der Waals surface area contributed by atoms with Gasteiger partial charge in [0.2, 0.25) is 5.91 Å². The fourth-order valence-corrected chi connectivity index (χ4v) is 6.40. The number of carbonyl (C=O) groups excluding carboxylic acids is 1. The third-order valence-corrected chi connectivity index (χ3v) is 9.53. The van der Waals surface area contributed by atoms with Crippen LogP contribution in [0.3, 0.4) is 0 Å². The third-order valence-electron chi connectivity index (χ3n) is 9.53. The highest BCUT2D eigenvalue weighted by Crippen LogP contribution is 2.39. The van der Waals surface area contributed by atoms with Gasteiger partial charge >= 0.3 is 5.97 Å². The van der Waals surface area contributed by atoms with Crippen molar-refractivity contribution in [1.82, 2.24) is 10.2 Å². The Hall–Kier alpha value is -4.34. The number of carbonyl (C=O) groups is 2. The van der Waals surface area contributed by atoms with Gasteiger partial charge in [0, 0.05) is 44.0 Å². The molecule has 0 radical (unpaired) electrons. The second-order valence-corrected chi connectivity index (χ2v) is 13.3. The van der Waals surface area contributed by atoms with Crippen molar-refractivity contribution >= 4 is 11.9 Å². The molecular formula is C42H50N2O6. The lowest BCUT2D eigenvalue weighted by Crippen LogP contribution is -2.38. The number of likely N-dealkylation sites (N-methyl/N-ethyl adjacent to an activating group) is 1. The average Bonchev–Trinajstić information content (AvgIpc) is 3.15. The van der Waals surface area contributed by atoms with Crippen LogP contribution >= 0.6 is 0 Å². The van der Waals surface area contributed by atoms with E-state index < -0.39 is 12.3 Å². The molecule has 1 amide bonds. The third kappa shape index (κ3) is 10.8. The van der Waals surface area contributed by atoms with Crippen LogP contribution in [0.1, 0.15) is 98.1 Å². The topological polar surface area (TPSA) is 108 Å². The van der Waals surface area contributed by atoms with E-state index in [-0.39, 0.29) is 37.2 Å². The van der Waals surface area contributed by atoms with E-state index in [9.17, 15) is 14.7 Å². The van der Waals surface area contributed by atoms with E-state index in [0.29, 0.717) is 19.4 Å². The van der Waals surface area contributed by atoms with Gasteiger partial charge in [0.25, 0.3) is 0 Å². The Balaban J connectivity index is 1.22. The summed E-state index contributed by atoms with van der Waals surface area (Å²) in [7, 11) is 2.14. The van der Waals surface area contributed by atoms with Crippen molar-refractivity contribution in [2.45, 2.75) is 89.6 Å². The van der Waals surface area contributed by atoms with Gasteiger partial charge in [-0.15, -0.1) is 0 Å². The molecule has 0 bridgehead atoms. The number of hydrogen-bond donors (Lipinski definition) is 3. The summed E-state index contributed by atoms with van der Waals surface area (Å²) in [5, 5.41) is 21.3. The molecule has 1 saturated heterocycles. The van der Waals surface area contributed by atoms with Crippen molar-refractivity contribution in [3.05, 3.63) is 131 Å². The maximum absolute atomic E-state index is 12.4. The van der Waals surface area contributed by atoms with Gasteiger partial charge in [-0.2, -0.15) is 0 Å². The van der Waals surface area contributed by atoms with Crippen molar-refractivity contribution in [2.24, 2.45) is 0 Å². The zero-order valence-electron chi connectivity index (χ0n) is 29.2. The van der Waals surface area contributed by atoms with Crippen LogP contribution in [0.5, 0.6) is 0 Å². The van der Waals surface area contributed by atoms with Crippen LogP contribution in [0.2, 0.25) is 0 Å². The van der Waals surface area contributed by atoms with E-state index in [0.717, 1.165) is 65.6 Å². The molecule has 8 nitrogen and oxygen atoms in total. The predicted octanol–water partition coefficient (Wildman–Crippen LogP) is 8.13. The van der Waals surface area contributed by atoms with Gasteiger partial charge < -0.3 is 25.0 Å². The van der Waals surface area contributed by atoms with E-state index in [4.69, 9.17) is 14.6 Å². The van der Waals surface area contributed by atoms with Crippen LogP contribution < -0.4 is 5.32 Å². The minimum Gasteiger partial charge on any atom is -0.481 e. The highest BCUT2D eigenvalue weighted by atomic mass is 16.7. The quantitative estimate of drug-likeness (QED) is 0.0968. The van der Waals surface area contributed by atoms with Gasteiger partial charge in [0.15, 0.2) is 6.29 Å². The number of rotatable bonds is 17. The molecule has 1 heterocycles. The Morgan fingerprint density at radius 1 is 0.800 bits per heavy atom. The molecular weight excluding hydrogens is 628 g/mol. The molecule has 0 aromatic heterocycles. The minimum atomic E-state index is -0.772. The maximum atomic E-state index is 12.4. The van der Waals surface area contributed by atoms with Crippen LogP contribution in [0.15, 0.2) is 103 Å². The van der Waals surface area contributed by atoms with Gasteiger partial charge in [0.1, 0.15) is 0 Å². The summed E-state index contributed by atoms with van der Waals surface area (Å²) in [5.41, 5.74) is 7.28. The SMILES string of the molecule is CC(c1ccccc1)N(C)CC1CC(c2ccc(CO)cc2)OC(c2ccc(-c3cccc(CNC(=O)CCCCCCC(=O)O)c3)cc2)O1. The van der Waals surface area contributed by atoms with E-state index in [1.807, 2.05) is 42.5 Å². The number of hydrogen-bond acceptors (Lipinski definition) is 6. The Kier molecular flexibility index (Phi) is 13.7. The van der Waals surface area contributed by atoms with Gasteiger partial charge in [-0.05, 0) is 66.3 Å². The number of unbranched alkanes of at least 4 members (excludes halogenated alkanes) is 3. The second-order valence-electron chi connectivity index (χ2n) is 13.3. The molecule has 4 atom stereocenters. The largest absolute Gasteiger partial charge is 0.481 e. The van der Waals surface area contributed by atoms with Gasteiger partial charge in [-0.1, -0.05) is 110 Å². The smallest absolute Gasteiger partial charge is 0.303 e. The lowest BCUT2D eigenvalue weighted by atomic mass is 9.98. The zero-order chi connectivity index (χ0) is 35.3. The monoisotopic (exact) mass is 678 g/mol. The molecule has 1 fully saturated rings. The summed E-state index contributed by atoms with van der Waals surface area (Å²) in [6.07, 6.45) is 3.68. The molecule has 1 aliphatic heterocycles. The Morgan fingerprint density at radius 2 is 1.50 bits per heavy atom. The molecule has 264 valence electrons. The average molecular weight is 679 g/mol. The molecule has 4 aromatic carbocycles. The predicted molar refractivity (Wildman–Crippen MR) is 195 cm³/mol. The van der Waals surface area contributed by atoms with Crippen LogP contribution in [-0.4, -0.2) is 46.7 Å². The van der Waals surface area contributed by atoms with Gasteiger partial charge in [0.05, 0.1) is 18.8 Å². The molecule has 4 unspecified atom stereocenters. The number of nitrogens with one attached hydrogen (secondary N) is 1. The fraction of sp³-hybridized carbons (Fsp3) is 0.381. The first-order valence-electron chi connectivity index (χ1n) is 17.7. The Labute approximate surface area is 296 Å². The number of nitrogens with zero attached hydrogens (tertiary/aromatic N) is 1. The number of aliphatic hydroxyl groups excluding tert-OH is 1. The summed E-state index contributed by atoms with van der Waals surface area (Å²) in [6, 6.07) is 35.2. The Bertz CT molecular complexity index is 1640. The first-order chi connectivity index (χ1) is 24.3. The summed E-state index contributed by atoms with van der Waals surface area (Å²) in [5.74, 6) is -0.766. The number of amides is 1. The molecule has 8 heteroatoms. The van der Waals surface area contributed by atoms with Gasteiger partial charge in [-0.25, -0.2) is 0 Å². The zero-order valence-corrected chi connectivity index (χ0v) is 29.2. The van der Waals surface area contributed by atoms with E-state index in [2.05, 4.69) is 84.9 Å². The van der Waals surface area contributed by atoms with Crippen molar-refractivity contribution in [1.29, 1.82) is 0 Å². The molecule has 0 saturated carbocycles. The summed E-state index contributed by atoms with van der Waals surface area (Å²) >= 11 is 0. The van der Waals surface area contributed by atoms with E-state index >= 15 is 0 Å². The fourth-order valence-electron chi connectivity index (χ4n) is 6.40. The normalized spacial score (nSPS) is 18.1. The van der Waals surface area contributed by atoms with E-state index in [1.54, 1.807) is 0 Å². The van der Waals surface area contributed by atoms with Crippen molar-refractivity contribution in [3.8, 4) is 11.1 Å². The van der Waals surface area contributed by atoms with Crippen molar-refractivity contribution in [3.63, 3.8) is 0 Å². The lowest BCUT2D eigenvalue weighted by Gasteiger charge is -2.39. The van der Waals surface area contributed by atoms with Gasteiger partial charge in [-0.3, -0.25) is 14.5 Å². The van der Waals surface area contributed by atoms with Crippen LogP contribution in [0.4, 0.5) is 0 Å². The number of benzene rings is 4. The minimum absolute atomic E-state index is 0.00501. The summed E-state index contributed by atoms with van der Waals surface area (Å²) in [4.78, 5) is 25.4. The lowest BCUT2D eigenvalue weighted by molar-refractivity contribution is -0.253. The number of ether oxygens (including phenoxy) is 2. The molecule has 1 aliphatic rings. The highest BCUT2D eigenvalue weighted by molar-refractivity contribution is 5.76. The van der Waals surface area contributed by atoms with Crippen LogP contribution in [-0.2, 0) is 32.2 Å². The van der Waals surface area contributed by atoms with Crippen LogP contribution in [0, 0.1) is 0 Å². The first kappa shape index (κ1) is 36.9. The second kappa shape index (κ2) is 18.6. The van der Waals surface area contributed by atoms with Crippen LogP contribution in [0.25, 0.3) is 11.1 Å². The number of aliphatic hydroxyl groups is 1. The maximum Gasteiger partial charge on any atom is 0.303 e. The Morgan fingerprint density at radius 3 is 2.20 bits per heavy atom. The van der Waals surface area contributed by atoms with Crippen molar-refractivity contribution < 1.29 is 29.3 Å². The molecule has 50 heavy (non-hydrogen) atoms. The molecule has 0 spiro atoms. The number of carboxylic acids is 1. The molecule has 4 aromatic rings. The molecule has 3 N–H and O–H groups in total. The summed E-state index contributed by atoms with van der Waals surface area (Å²) < 4.78 is 13.2. The van der Waals surface area contributed by atoms with Crippen molar-refractivity contribution in [2.75, 3.05) is 13.6 Å². The number of aliphatic carboxylic acids is 1. The molecule has 0 aliphatic carbocycles. The molecule has 5 rings (SSSR count).